The molecular formula is C23H24N6O3. The number of nitrogens with one attached hydrogen (secondary N) is 2. The van der Waals surface area contributed by atoms with Gasteiger partial charge < -0.3 is 26.5 Å². The largest absolute Gasteiger partial charge is 0.443 e. The number of anilines is 3. The fourth-order valence-corrected chi connectivity index (χ4v) is 3.22. The van der Waals surface area contributed by atoms with Gasteiger partial charge in [-0.3, -0.25) is 4.79 Å². The zero-order valence-corrected chi connectivity index (χ0v) is 18.0. The lowest BCUT2D eigenvalue weighted by molar-refractivity contribution is 0.0540. The first-order valence-electron chi connectivity index (χ1n) is 9.97. The molecule has 2 aromatic carbocycles. The average Bonchev–Trinajstić information content (AvgIpc) is 3.30. The molecule has 9 nitrogen and oxygen atoms in total. The number of H-pyrrole nitrogens is 1. The summed E-state index contributed by atoms with van der Waals surface area (Å²) in [6.07, 6.45) is 0.893. The van der Waals surface area contributed by atoms with Crippen molar-refractivity contribution >= 4 is 40.2 Å². The Morgan fingerprint density at radius 2 is 1.88 bits per heavy atom. The number of fused-ring (bicyclic) bond motifs is 1. The van der Waals surface area contributed by atoms with Crippen LogP contribution in [0.5, 0.6) is 0 Å². The second-order valence-corrected chi connectivity index (χ2v) is 8.40. The Bertz CT molecular complexity index is 1330. The van der Waals surface area contributed by atoms with Gasteiger partial charge in [0.1, 0.15) is 11.3 Å². The number of carbonyl (C=O) groups is 2. The molecule has 0 saturated heterocycles. The monoisotopic (exact) mass is 432 g/mol. The van der Waals surface area contributed by atoms with E-state index in [1.165, 1.54) is 6.20 Å². The number of ether oxygens (including phenoxy) is 1. The minimum atomic E-state index is -0.660. The summed E-state index contributed by atoms with van der Waals surface area (Å²) in [6, 6.07) is 14.2. The lowest BCUT2D eigenvalue weighted by atomic mass is 10.1. The summed E-state index contributed by atoms with van der Waals surface area (Å²) in [6.45, 7) is 5.31. The topological polar surface area (TPSA) is 141 Å². The van der Waals surface area contributed by atoms with Gasteiger partial charge in [-0.15, -0.1) is 0 Å². The number of hydrogen-bond acceptors (Lipinski definition) is 6. The van der Waals surface area contributed by atoms with Gasteiger partial charge in [0.25, 0.3) is 5.91 Å². The summed E-state index contributed by atoms with van der Waals surface area (Å²) < 4.78 is 6.50. The molecule has 4 aromatic rings. The number of benzene rings is 2. The first-order chi connectivity index (χ1) is 15.1. The predicted octanol–water partition coefficient (Wildman–Crippen LogP) is 4.23. The third-order valence-electron chi connectivity index (χ3n) is 4.63. The molecule has 0 bridgehead atoms. The highest BCUT2D eigenvalue weighted by molar-refractivity contribution is 6.06. The molecule has 4 rings (SSSR count). The quantitative estimate of drug-likeness (QED) is 0.357. The van der Waals surface area contributed by atoms with E-state index in [9.17, 15) is 9.59 Å². The molecular weight excluding hydrogens is 408 g/mol. The van der Waals surface area contributed by atoms with Crippen molar-refractivity contribution in [3.63, 3.8) is 0 Å². The van der Waals surface area contributed by atoms with Crippen LogP contribution in [0.1, 0.15) is 31.3 Å². The molecule has 0 aliphatic heterocycles. The molecule has 2 aromatic heterocycles. The lowest BCUT2D eigenvalue weighted by Crippen LogP contribution is -2.27. The molecule has 2 heterocycles. The van der Waals surface area contributed by atoms with Crippen molar-refractivity contribution in [2.24, 2.45) is 0 Å². The number of carbonyl (C=O) groups excluding carboxylic acids is 2. The van der Waals surface area contributed by atoms with Crippen LogP contribution in [0.4, 0.5) is 22.1 Å². The van der Waals surface area contributed by atoms with Crippen LogP contribution in [0.15, 0.2) is 54.7 Å². The van der Waals surface area contributed by atoms with Crippen LogP contribution >= 0.6 is 0 Å². The van der Waals surface area contributed by atoms with Crippen molar-refractivity contribution in [2.75, 3.05) is 16.8 Å². The van der Waals surface area contributed by atoms with E-state index >= 15 is 0 Å². The number of nitrogen functional groups attached to an aromatic ring is 2. The minimum absolute atomic E-state index is 0.0148. The van der Waals surface area contributed by atoms with Gasteiger partial charge in [0.05, 0.1) is 5.69 Å². The standard InChI is InChI=1S/C23H24N6O3/c1-23(2,3)32-22(31)29-12-19(28-21(29)25)13-5-4-6-16(10-13)26-20(30)18-11-14-9-15(24)7-8-17(14)27-18/h4-12,27H,24H2,1-3H3,(H2,25,28)(H,26,30). The molecule has 32 heavy (non-hydrogen) atoms. The molecule has 1 amide bonds. The maximum atomic E-state index is 12.7. The highest BCUT2D eigenvalue weighted by Crippen LogP contribution is 2.25. The Morgan fingerprint density at radius 3 is 2.62 bits per heavy atom. The predicted molar refractivity (Wildman–Crippen MR) is 124 cm³/mol. The van der Waals surface area contributed by atoms with E-state index in [-0.39, 0.29) is 11.9 Å². The van der Waals surface area contributed by atoms with E-state index in [0.29, 0.717) is 28.3 Å². The molecule has 0 aliphatic rings. The summed E-state index contributed by atoms with van der Waals surface area (Å²) in [4.78, 5) is 32.4. The lowest BCUT2D eigenvalue weighted by Gasteiger charge is -2.19. The van der Waals surface area contributed by atoms with E-state index in [0.717, 1.165) is 15.5 Å². The van der Waals surface area contributed by atoms with E-state index in [2.05, 4.69) is 15.3 Å². The van der Waals surface area contributed by atoms with Crippen LogP contribution in [0.2, 0.25) is 0 Å². The van der Waals surface area contributed by atoms with Crippen LogP contribution in [0.25, 0.3) is 22.2 Å². The maximum Gasteiger partial charge on any atom is 0.421 e. The third-order valence-corrected chi connectivity index (χ3v) is 4.63. The van der Waals surface area contributed by atoms with E-state index in [4.69, 9.17) is 16.2 Å². The molecule has 9 heteroatoms. The van der Waals surface area contributed by atoms with Crippen molar-refractivity contribution in [1.82, 2.24) is 14.5 Å². The zero-order chi connectivity index (χ0) is 23.0. The SMILES string of the molecule is CC(C)(C)OC(=O)n1cc(-c2cccc(NC(=O)c3cc4cc(N)ccc4[nH]3)c2)nc1N. The van der Waals surface area contributed by atoms with Gasteiger partial charge in [-0.25, -0.2) is 14.3 Å². The number of amides is 1. The minimum Gasteiger partial charge on any atom is -0.443 e. The Labute approximate surface area is 184 Å². The number of imidazole rings is 1. The summed E-state index contributed by atoms with van der Waals surface area (Å²) in [5.41, 5.74) is 14.6. The summed E-state index contributed by atoms with van der Waals surface area (Å²) in [5, 5.41) is 3.71. The number of rotatable bonds is 3. The number of nitrogens with zero attached hydrogens (tertiary/aromatic N) is 2. The normalized spacial score (nSPS) is 11.5. The molecule has 0 atom stereocenters. The van der Waals surface area contributed by atoms with Crippen LogP contribution in [-0.2, 0) is 4.74 Å². The zero-order valence-electron chi connectivity index (χ0n) is 18.0. The number of aromatic amines is 1. The van der Waals surface area contributed by atoms with Crippen molar-refractivity contribution in [2.45, 2.75) is 26.4 Å². The maximum absolute atomic E-state index is 12.7. The van der Waals surface area contributed by atoms with E-state index in [1.807, 2.05) is 12.1 Å². The molecule has 0 aliphatic carbocycles. The van der Waals surface area contributed by atoms with Gasteiger partial charge in [-0.2, -0.15) is 0 Å². The Morgan fingerprint density at radius 1 is 1.09 bits per heavy atom. The van der Waals surface area contributed by atoms with Gasteiger partial charge in [0.2, 0.25) is 5.95 Å². The Kier molecular flexibility index (Phi) is 5.09. The highest BCUT2D eigenvalue weighted by atomic mass is 16.6. The summed E-state index contributed by atoms with van der Waals surface area (Å²) >= 11 is 0. The third kappa shape index (κ3) is 4.41. The molecule has 0 spiro atoms. The molecule has 164 valence electrons. The number of hydrogen-bond donors (Lipinski definition) is 4. The molecule has 0 unspecified atom stereocenters. The van der Waals surface area contributed by atoms with Gasteiger partial charge in [0, 0.05) is 34.0 Å². The fourth-order valence-electron chi connectivity index (χ4n) is 3.22. The molecule has 0 fully saturated rings. The van der Waals surface area contributed by atoms with Crippen molar-refractivity contribution in [1.29, 1.82) is 0 Å². The highest BCUT2D eigenvalue weighted by Gasteiger charge is 2.21. The number of aromatic nitrogens is 3. The van der Waals surface area contributed by atoms with Crippen LogP contribution in [0.3, 0.4) is 0 Å². The summed E-state index contributed by atoms with van der Waals surface area (Å²) in [5.74, 6) is -0.281. The Hall–Kier alpha value is -4.27. The van der Waals surface area contributed by atoms with Crippen LogP contribution < -0.4 is 16.8 Å². The average molecular weight is 432 g/mol. The molecule has 0 radical (unpaired) electrons. The van der Waals surface area contributed by atoms with E-state index < -0.39 is 11.7 Å². The first-order valence-corrected chi connectivity index (χ1v) is 9.97. The van der Waals surface area contributed by atoms with Gasteiger partial charge in [-0.05, 0) is 57.2 Å². The fraction of sp³-hybridized carbons (Fsp3) is 0.174. The van der Waals surface area contributed by atoms with Crippen molar-refractivity contribution in [3.05, 3.63) is 60.4 Å². The smallest absolute Gasteiger partial charge is 0.421 e. The number of nitrogens with two attached hydrogens (primary N) is 2. The van der Waals surface area contributed by atoms with E-state index in [1.54, 1.807) is 57.2 Å². The van der Waals surface area contributed by atoms with Crippen LogP contribution in [-0.4, -0.2) is 32.1 Å². The van der Waals surface area contributed by atoms with Crippen molar-refractivity contribution < 1.29 is 14.3 Å². The summed E-state index contributed by atoms with van der Waals surface area (Å²) in [7, 11) is 0. The first kappa shape index (κ1) is 21.0. The molecule has 0 saturated carbocycles. The Balaban J connectivity index is 1.55. The van der Waals surface area contributed by atoms with Crippen LogP contribution in [0, 0.1) is 0 Å². The second kappa shape index (κ2) is 7.77. The molecule has 6 N–H and O–H groups in total. The van der Waals surface area contributed by atoms with Gasteiger partial charge in [-0.1, -0.05) is 12.1 Å². The van der Waals surface area contributed by atoms with Gasteiger partial charge in [0.15, 0.2) is 0 Å². The van der Waals surface area contributed by atoms with Crippen molar-refractivity contribution in [3.8, 4) is 11.3 Å². The van der Waals surface area contributed by atoms with Gasteiger partial charge >= 0.3 is 6.09 Å². The second-order valence-electron chi connectivity index (χ2n) is 8.40.